The Labute approximate surface area is 87.3 Å². The van der Waals surface area contributed by atoms with Gasteiger partial charge in [0.1, 0.15) is 0 Å². The molecular weight excluding hydrogens is 178 g/mol. The molecule has 0 aromatic heterocycles. The lowest BCUT2D eigenvalue weighted by Gasteiger charge is -2.15. The summed E-state index contributed by atoms with van der Waals surface area (Å²) in [7, 11) is 0. The summed E-state index contributed by atoms with van der Waals surface area (Å²) in [6, 6.07) is 0.536. The van der Waals surface area contributed by atoms with E-state index in [4.69, 9.17) is 15.9 Å². The van der Waals surface area contributed by atoms with Crippen LogP contribution in [0.15, 0.2) is 0 Å². The van der Waals surface area contributed by atoms with E-state index < -0.39 is 6.10 Å². The van der Waals surface area contributed by atoms with Crippen molar-refractivity contribution >= 4 is 0 Å². The molecule has 1 aliphatic rings. The molecule has 0 radical (unpaired) electrons. The van der Waals surface area contributed by atoms with Gasteiger partial charge in [0.05, 0.1) is 12.7 Å². The third kappa shape index (κ3) is 7.30. The molecule has 3 nitrogen and oxygen atoms in total. The summed E-state index contributed by atoms with van der Waals surface area (Å²) in [6.45, 7) is 3.60. The molecule has 1 rings (SSSR count). The molecule has 0 aromatic carbocycles. The first-order chi connectivity index (χ1) is 6.57. The molecule has 4 N–H and O–H groups in total. The molecule has 0 heterocycles. The van der Waals surface area contributed by atoms with Crippen LogP contribution in [0, 0.1) is 5.92 Å². The smallest absolute Gasteiger partial charge is 0.0793 e. The summed E-state index contributed by atoms with van der Waals surface area (Å²) in [5.74, 6) is 0.171. The highest BCUT2D eigenvalue weighted by molar-refractivity contribution is 4.66. The fourth-order valence-corrected chi connectivity index (χ4v) is 1.34. The third-order valence-corrected chi connectivity index (χ3v) is 2.61. The number of aliphatic hydroxyl groups excluding tert-OH is 2. The number of rotatable bonds is 2. The van der Waals surface area contributed by atoms with Gasteiger partial charge in [0.25, 0.3) is 0 Å². The van der Waals surface area contributed by atoms with Crippen molar-refractivity contribution in [3.63, 3.8) is 0 Å². The van der Waals surface area contributed by atoms with Crippen LogP contribution in [0.25, 0.3) is 0 Å². The predicted molar refractivity (Wildman–Crippen MR) is 59.0 cm³/mol. The van der Waals surface area contributed by atoms with Crippen molar-refractivity contribution in [3.05, 3.63) is 0 Å². The molecule has 86 valence electrons. The molecule has 1 aliphatic carbocycles. The maximum absolute atomic E-state index is 8.69. The van der Waals surface area contributed by atoms with Crippen LogP contribution in [0.2, 0.25) is 0 Å². The van der Waals surface area contributed by atoms with Crippen molar-refractivity contribution in [2.24, 2.45) is 11.7 Å². The quantitative estimate of drug-likeness (QED) is 0.633. The van der Waals surface area contributed by atoms with E-state index in [1.165, 1.54) is 32.1 Å². The lowest BCUT2D eigenvalue weighted by molar-refractivity contribution is 0.0597. The van der Waals surface area contributed by atoms with E-state index in [-0.39, 0.29) is 12.5 Å². The Morgan fingerprint density at radius 3 is 1.86 bits per heavy atom. The van der Waals surface area contributed by atoms with Gasteiger partial charge in [-0.05, 0) is 18.8 Å². The Balaban J connectivity index is 0.000000241. The van der Waals surface area contributed by atoms with Gasteiger partial charge in [-0.2, -0.15) is 0 Å². The molecule has 0 amide bonds. The van der Waals surface area contributed by atoms with Crippen molar-refractivity contribution < 1.29 is 10.2 Å². The Morgan fingerprint density at radius 1 is 1.21 bits per heavy atom. The maximum atomic E-state index is 8.69. The van der Waals surface area contributed by atoms with Gasteiger partial charge in [-0.1, -0.05) is 33.1 Å². The van der Waals surface area contributed by atoms with Crippen molar-refractivity contribution in [2.45, 2.75) is 58.1 Å². The Bertz CT molecular complexity index is 122. The molecule has 14 heavy (non-hydrogen) atoms. The largest absolute Gasteiger partial charge is 0.394 e. The van der Waals surface area contributed by atoms with E-state index >= 15 is 0 Å². The maximum Gasteiger partial charge on any atom is 0.0793 e. The van der Waals surface area contributed by atoms with Gasteiger partial charge in [-0.25, -0.2) is 0 Å². The van der Waals surface area contributed by atoms with Gasteiger partial charge in [0, 0.05) is 6.04 Å². The fourth-order valence-electron chi connectivity index (χ4n) is 1.34. The topological polar surface area (TPSA) is 66.5 Å². The lowest BCUT2D eigenvalue weighted by atomic mass is 9.97. The average Bonchev–Trinajstić information content (AvgIpc) is 2.18. The first kappa shape index (κ1) is 13.9. The van der Waals surface area contributed by atoms with Crippen LogP contribution in [-0.2, 0) is 0 Å². The SMILES string of the molecule is CC(C)C(O)CO.NC1CCCCC1. The first-order valence-electron chi connectivity index (χ1n) is 5.62. The third-order valence-electron chi connectivity index (χ3n) is 2.61. The van der Waals surface area contributed by atoms with Crippen LogP contribution >= 0.6 is 0 Å². The zero-order valence-corrected chi connectivity index (χ0v) is 9.45. The van der Waals surface area contributed by atoms with Gasteiger partial charge in [-0.3, -0.25) is 0 Å². The average molecular weight is 203 g/mol. The van der Waals surface area contributed by atoms with E-state index in [0.29, 0.717) is 6.04 Å². The molecule has 1 unspecified atom stereocenters. The summed E-state index contributed by atoms with van der Waals surface area (Å²) in [5.41, 5.74) is 5.63. The molecule has 0 aromatic rings. The van der Waals surface area contributed by atoms with E-state index in [1.54, 1.807) is 0 Å². The predicted octanol–water partition coefficient (Wildman–Crippen LogP) is 1.27. The number of hydrogen-bond donors (Lipinski definition) is 3. The first-order valence-corrected chi connectivity index (χ1v) is 5.62. The molecule has 0 saturated heterocycles. The number of nitrogens with two attached hydrogens (primary N) is 1. The minimum atomic E-state index is -0.542. The van der Waals surface area contributed by atoms with Crippen molar-refractivity contribution in [2.75, 3.05) is 6.61 Å². The molecule has 0 bridgehead atoms. The summed E-state index contributed by atoms with van der Waals surface area (Å²) in [4.78, 5) is 0. The van der Waals surface area contributed by atoms with Crippen LogP contribution in [-0.4, -0.2) is 29.0 Å². The second kappa shape index (κ2) is 8.21. The molecular formula is C11H25NO2. The normalized spacial score (nSPS) is 20.1. The lowest BCUT2D eigenvalue weighted by Crippen LogP contribution is -2.22. The van der Waals surface area contributed by atoms with Crippen LogP contribution < -0.4 is 5.73 Å². The standard InChI is InChI=1S/C6H13N.C5H12O2/c7-6-4-2-1-3-5-6;1-4(2)5(7)3-6/h6H,1-5,7H2;4-7H,3H2,1-2H3. The molecule has 1 fully saturated rings. The molecule has 1 saturated carbocycles. The highest BCUT2D eigenvalue weighted by atomic mass is 16.3. The summed E-state index contributed by atoms with van der Waals surface area (Å²) < 4.78 is 0. The van der Waals surface area contributed by atoms with Gasteiger partial charge in [0.15, 0.2) is 0 Å². The van der Waals surface area contributed by atoms with Gasteiger partial charge < -0.3 is 15.9 Å². The molecule has 3 heteroatoms. The minimum absolute atomic E-state index is 0.127. The monoisotopic (exact) mass is 203 g/mol. The summed E-state index contributed by atoms with van der Waals surface area (Å²) in [6.07, 6.45) is 6.12. The van der Waals surface area contributed by atoms with Gasteiger partial charge in [-0.15, -0.1) is 0 Å². The van der Waals surface area contributed by atoms with Gasteiger partial charge in [0.2, 0.25) is 0 Å². The number of aliphatic hydroxyl groups is 2. The second-order valence-corrected chi connectivity index (χ2v) is 4.39. The Morgan fingerprint density at radius 2 is 1.71 bits per heavy atom. The zero-order valence-electron chi connectivity index (χ0n) is 9.45. The Kier molecular flexibility index (Phi) is 8.14. The Hall–Kier alpha value is -0.120. The van der Waals surface area contributed by atoms with Crippen LogP contribution in [0.5, 0.6) is 0 Å². The van der Waals surface area contributed by atoms with E-state index in [9.17, 15) is 0 Å². The molecule has 0 aliphatic heterocycles. The van der Waals surface area contributed by atoms with E-state index in [0.717, 1.165) is 0 Å². The second-order valence-electron chi connectivity index (χ2n) is 4.39. The fraction of sp³-hybridized carbons (Fsp3) is 1.00. The summed E-state index contributed by atoms with van der Waals surface area (Å²) in [5, 5.41) is 16.9. The van der Waals surface area contributed by atoms with Gasteiger partial charge >= 0.3 is 0 Å². The van der Waals surface area contributed by atoms with E-state index in [2.05, 4.69) is 0 Å². The van der Waals surface area contributed by atoms with Crippen molar-refractivity contribution in [1.29, 1.82) is 0 Å². The summed E-state index contributed by atoms with van der Waals surface area (Å²) >= 11 is 0. The van der Waals surface area contributed by atoms with Crippen molar-refractivity contribution in [1.82, 2.24) is 0 Å². The van der Waals surface area contributed by atoms with Crippen LogP contribution in [0.4, 0.5) is 0 Å². The van der Waals surface area contributed by atoms with Crippen molar-refractivity contribution in [3.8, 4) is 0 Å². The zero-order chi connectivity index (χ0) is 11.0. The minimum Gasteiger partial charge on any atom is -0.394 e. The van der Waals surface area contributed by atoms with Crippen LogP contribution in [0.3, 0.4) is 0 Å². The molecule has 0 spiro atoms. The molecule has 1 atom stereocenters. The number of hydrogen-bond acceptors (Lipinski definition) is 3. The van der Waals surface area contributed by atoms with E-state index in [1.807, 2.05) is 13.8 Å². The highest BCUT2D eigenvalue weighted by Crippen LogP contribution is 2.14. The highest BCUT2D eigenvalue weighted by Gasteiger charge is 2.06. The van der Waals surface area contributed by atoms with Crippen LogP contribution in [0.1, 0.15) is 46.0 Å².